The number of pyridine rings is 1. The summed E-state index contributed by atoms with van der Waals surface area (Å²) in [7, 11) is 0. The summed E-state index contributed by atoms with van der Waals surface area (Å²) in [6.07, 6.45) is 8.00. The fourth-order valence-electron chi connectivity index (χ4n) is 3.39. The van der Waals surface area contributed by atoms with E-state index in [2.05, 4.69) is 22.0 Å². The maximum atomic E-state index is 11.6. The molecule has 1 aromatic rings. The van der Waals surface area contributed by atoms with Crippen LogP contribution >= 0.6 is 0 Å². The zero-order chi connectivity index (χ0) is 13.9. The molecule has 4 heteroatoms. The van der Waals surface area contributed by atoms with Crippen LogP contribution in [0.1, 0.15) is 50.6 Å². The average molecular weight is 273 g/mol. The number of carbonyl (C=O) groups excluding carboxylic acids is 1. The second kappa shape index (κ2) is 5.81. The van der Waals surface area contributed by atoms with Gasteiger partial charge in [0.1, 0.15) is 5.82 Å². The van der Waals surface area contributed by atoms with Crippen LogP contribution in [0.4, 0.5) is 5.82 Å². The van der Waals surface area contributed by atoms with Crippen molar-refractivity contribution in [1.82, 2.24) is 9.88 Å². The Morgan fingerprint density at radius 3 is 2.60 bits per heavy atom. The van der Waals surface area contributed by atoms with Crippen LogP contribution in [0.25, 0.3) is 0 Å². The lowest BCUT2D eigenvalue weighted by Crippen LogP contribution is -2.30. The fraction of sp³-hybridized carbons (Fsp3) is 0.625. The number of hydrogen-bond donors (Lipinski definition) is 0. The van der Waals surface area contributed by atoms with Crippen molar-refractivity contribution in [2.75, 3.05) is 24.5 Å². The highest BCUT2D eigenvalue weighted by atomic mass is 16.2. The van der Waals surface area contributed by atoms with Gasteiger partial charge in [-0.1, -0.05) is 6.07 Å². The number of nitrogens with zero attached hydrogens (tertiary/aromatic N) is 3. The highest BCUT2D eigenvalue weighted by molar-refractivity contribution is 5.74. The van der Waals surface area contributed by atoms with Gasteiger partial charge in [0.05, 0.1) is 6.04 Å². The normalized spacial score (nSPS) is 23.1. The molecule has 0 bridgehead atoms. The van der Waals surface area contributed by atoms with E-state index in [0.29, 0.717) is 0 Å². The molecule has 0 N–H and O–H groups in total. The first-order chi connectivity index (χ1) is 9.75. The van der Waals surface area contributed by atoms with Crippen molar-refractivity contribution in [3.05, 3.63) is 23.9 Å². The van der Waals surface area contributed by atoms with E-state index in [4.69, 9.17) is 0 Å². The second-order valence-electron chi connectivity index (χ2n) is 5.87. The first kappa shape index (κ1) is 13.4. The van der Waals surface area contributed by atoms with E-state index in [1.165, 1.54) is 24.8 Å². The number of rotatable bonds is 2. The molecule has 3 rings (SSSR count). The highest BCUT2D eigenvalue weighted by Crippen LogP contribution is 2.32. The molecule has 2 saturated heterocycles. The van der Waals surface area contributed by atoms with Crippen molar-refractivity contribution in [2.45, 2.75) is 45.1 Å². The predicted octanol–water partition coefficient (Wildman–Crippen LogP) is 2.76. The summed E-state index contributed by atoms with van der Waals surface area (Å²) in [5.74, 6) is 1.26. The minimum absolute atomic E-state index is 0.174. The first-order valence-corrected chi connectivity index (χ1v) is 7.74. The molecule has 0 aromatic carbocycles. The van der Waals surface area contributed by atoms with E-state index in [-0.39, 0.29) is 11.9 Å². The minimum atomic E-state index is 0.174. The van der Waals surface area contributed by atoms with Crippen LogP contribution in [0.5, 0.6) is 0 Å². The monoisotopic (exact) mass is 273 g/mol. The smallest absolute Gasteiger partial charge is 0.219 e. The predicted molar refractivity (Wildman–Crippen MR) is 79.7 cm³/mol. The van der Waals surface area contributed by atoms with E-state index >= 15 is 0 Å². The Hall–Kier alpha value is -1.58. The lowest BCUT2D eigenvalue weighted by molar-refractivity contribution is -0.129. The summed E-state index contributed by atoms with van der Waals surface area (Å²) in [5, 5.41) is 0. The van der Waals surface area contributed by atoms with Gasteiger partial charge in [-0.3, -0.25) is 4.79 Å². The summed E-state index contributed by atoms with van der Waals surface area (Å²) < 4.78 is 0. The molecule has 1 aromatic heterocycles. The topological polar surface area (TPSA) is 36.4 Å². The van der Waals surface area contributed by atoms with Gasteiger partial charge in [-0.2, -0.15) is 0 Å². The maximum Gasteiger partial charge on any atom is 0.219 e. The Morgan fingerprint density at radius 1 is 1.15 bits per heavy atom. The van der Waals surface area contributed by atoms with Gasteiger partial charge in [-0.05, 0) is 43.7 Å². The number of likely N-dealkylation sites (tertiary alicyclic amines) is 1. The van der Waals surface area contributed by atoms with Gasteiger partial charge in [0.15, 0.2) is 0 Å². The highest BCUT2D eigenvalue weighted by Gasteiger charge is 2.28. The summed E-state index contributed by atoms with van der Waals surface area (Å²) in [4.78, 5) is 20.6. The van der Waals surface area contributed by atoms with Crippen LogP contribution in [-0.2, 0) is 4.79 Å². The third-order valence-electron chi connectivity index (χ3n) is 4.49. The van der Waals surface area contributed by atoms with E-state index in [1.54, 1.807) is 6.92 Å². The second-order valence-corrected chi connectivity index (χ2v) is 5.87. The number of aromatic nitrogens is 1. The van der Waals surface area contributed by atoms with E-state index in [1.807, 2.05) is 11.1 Å². The molecule has 2 aliphatic heterocycles. The molecule has 1 amide bonds. The number of anilines is 1. The zero-order valence-corrected chi connectivity index (χ0v) is 12.2. The average Bonchev–Trinajstić information content (AvgIpc) is 2.98. The molecule has 2 fully saturated rings. The summed E-state index contributed by atoms with van der Waals surface area (Å²) >= 11 is 0. The summed E-state index contributed by atoms with van der Waals surface area (Å²) in [5.41, 5.74) is 1.18. The van der Waals surface area contributed by atoms with Crippen molar-refractivity contribution in [1.29, 1.82) is 0 Å². The van der Waals surface area contributed by atoms with Crippen molar-refractivity contribution in [3.63, 3.8) is 0 Å². The third kappa shape index (κ3) is 2.65. The SMILES string of the molecule is CC(=O)N1CCC[C@H]1c1ccc(N2CCCCC2)nc1. The molecule has 0 unspecified atom stereocenters. The lowest BCUT2D eigenvalue weighted by atomic mass is 10.1. The van der Waals surface area contributed by atoms with Crippen LogP contribution in [0.3, 0.4) is 0 Å². The van der Waals surface area contributed by atoms with Crippen molar-refractivity contribution < 1.29 is 4.79 Å². The molecule has 3 heterocycles. The lowest BCUT2D eigenvalue weighted by Gasteiger charge is -2.28. The third-order valence-corrected chi connectivity index (χ3v) is 4.49. The van der Waals surface area contributed by atoms with Gasteiger partial charge in [0.2, 0.25) is 5.91 Å². The minimum Gasteiger partial charge on any atom is -0.357 e. The standard InChI is InChI=1S/C16H23N3O/c1-13(20)19-11-5-6-15(19)14-7-8-16(17-12-14)18-9-3-2-4-10-18/h7-8,12,15H,2-6,9-11H2,1H3/t15-/m0/s1. The molecule has 2 aliphatic rings. The molecule has 1 atom stereocenters. The molecule has 0 aliphatic carbocycles. The Balaban J connectivity index is 1.73. The molecule has 0 spiro atoms. The largest absolute Gasteiger partial charge is 0.357 e. The Bertz CT molecular complexity index is 465. The van der Waals surface area contributed by atoms with Gasteiger partial charge < -0.3 is 9.80 Å². The Labute approximate surface area is 120 Å². The van der Waals surface area contributed by atoms with Gasteiger partial charge in [0, 0.05) is 32.8 Å². The number of hydrogen-bond acceptors (Lipinski definition) is 3. The molecule has 4 nitrogen and oxygen atoms in total. The van der Waals surface area contributed by atoms with E-state index in [9.17, 15) is 4.79 Å². The Kier molecular flexibility index (Phi) is 3.90. The van der Waals surface area contributed by atoms with E-state index in [0.717, 1.165) is 38.3 Å². The van der Waals surface area contributed by atoms with Gasteiger partial charge in [0.25, 0.3) is 0 Å². The van der Waals surface area contributed by atoms with Crippen molar-refractivity contribution in [3.8, 4) is 0 Å². The van der Waals surface area contributed by atoms with E-state index < -0.39 is 0 Å². The number of amides is 1. The molecule has 0 radical (unpaired) electrons. The summed E-state index contributed by atoms with van der Waals surface area (Å²) in [6, 6.07) is 4.51. The molecular weight excluding hydrogens is 250 g/mol. The van der Waals surface area contributed by atoms with Gasteiger partial charge >= 0.3 is 0 Å². The molecule has 0 saturated carbocycles. The molecule has 20 heavy (non-hydrogen) atoms. The molecule has 108 valence electrons. The quantitative estimate of drug-likeness (QED) is 0.831. The fourth-order valence-corrected chi connectivity index (χ4v) is 3.39. The number of carbonyl (C=O) groups is 1. The van der Waals surface area contributed by atoms with Crippen LogP contribution in [0, 0.1) is 0 Å². The first-order valence-electron chi connectivity index (χ1n) is 7.74. The van der Waals surface area contributed by atoms with Gasteiger partial charge in [-0.15, -0.1) is 0 Å². The van der Waals surface area contributed by atoms with Crippen LogP contribution < -0.4 is 4.90 Å². The number of piperidine rings is 1. The molecular formula is C16H23N3O. The summed E-state index contributed by atoms with van der Waals surface area (Å²) in [6.45, 7) is 4.78. The van der Waals surface area contributed by atoms with Crippen LogP contribution in [0.2, 0.25) is 0 Å². The van der Waals surface area contributed by atoms with Crippen LogP contribution in [0.15, 0.2) is 18.3 Å². The Morgan fingerprint density at radius 2 is 1.95 bits per heavy atom. The van der Waals surface area contributed by atoms with Crippen molar-refractivity contribution in [2.24, 2.45) is 0 Å². The van der Waals surface area contributed by atoms with Crippen LogP contribution in [-0.4, -0.2) is 35.4 Å². The maximum absolute atomic E-state index is 11.6. The van der Waals surface area contributed by atoms with Gasteiger partial charge in [-0.25, -0.2) is 4.98 Å². The van der Waals surface area contributed by atoms with Crippen molar-refractivity contribution >= 4 is 11.7 Å². The zero-order valence-electron chi connectivity index (χ0n) is 12.2.